The van der Waals surface area contributed by atoms with Crippen LogP contribution in [0.5, 0.6) is 0 Å². The third kappa shape index (κ3) is 5.30. The van der Waals surface area contributed by atoms with Crippen molar-refractivity contribution in [3.8, 4) is 0 Å². The zero-order valence-electron chi connectivity index (χ0n) is 16.9. The Balaban J connectivity index is 2.28. The Kier molecular flexibility index (Phi) is 7.56. The van der Waals surface area contributed by atoms with Crippen molar-refractivity contribution in [2.45, 2.75) is 38.6 Å². The van der Waals surface area contributed by atoms with Crippen LogP contribution >= 0.6 is 0 Å². The molecule has 1 fully saturated rings. The zero-order chi connectivity index (χ0) is 20.9. The van der Waals surface area contributed by atoms with Crippen molar-refractivity contribution >= 4 is 21.8 Å². The van der Waals surface area contributed by atoms with Gasteiger partial charge in [0.25, 0.3) is 5.91 Å². The number of amides is 2. The predicted molar refractivity (Wildman–Crippen MR) is 106 cm³/mol. The molecule has 0 saturated carbocycles. The lowest BCUT2D eigenvalue weighted by atomic mass is 10.1. The minimum Gasteiger partial charge on any atom is -0.379 e. The van der Waals surface area contributed by atoms with E-state index < -0.39 is 10.0 Å². The minimum absolute atomic E-state index is 0.0231. The average molecular weight is 412 g/mol. The highest BCUT2D eigenvalue weighted by molar-refractivity contribution is 7.89. The van der Waals surface area contributed by atoms with Gasteiger partial charge in [0.15, 0.2) is 0 Å². The second kappa shape index (κ2) is 9.49. The van der Waals surface area contributed by atoms with Gasteiger partial charge in [0.05, 0.1) is 24.7 Å². The summed E-state index contributed by atoms with van der Waals surface area (Å²) < 4.78 is 32.4. The topological polar surface area (TPSA) is 96.0 Å². The molecular formula is C19H29N3O5S. The van der Waals surface area contributed by atoms with Crippen LogP contribution in [-0.4, -0.2) is 74.9 Å². The van der Waals surface area contributed by atoms with Crippen LogP contribution in [0.2, 0.25) is 0 Å². The summed E-state index contributed by atoms with van der Waals surface area (Å²) in [5, 5.41) is 2.76. The first-order valence-electron chi connectivity index (χ1n) is 9.44. The number of hydrogen-bond acceptors (Lipinski definition) is 5. The molecule has 2 rings (SSSR count). The van der Waals surface area contributed by atoms with Gasteiger partial charge in [0, 0.05) is 31.2 Å². The molecule has 0 aromatic heterocycles. The van der Waals surface area contributed by atoms with Gasteiger partial charge in [-0.2, -0.15) is 4.31 Å². The third-order valence-electron chi connectivity index (χ3n) is 4.50. The number of hydrogen-bond donors (Lipinski definition) is 1. The van der Waals surface area contributed by atoms with Gasteiger partial charge in [-0.1, -0.05) is 6.07 Å². The SMILES string of the molecule is CCN(CC(=O)NC(C)C)C(=O)c1cc(S(=O)(=O)N2CCOCC2)ccc1C. The first kappa shape index (κ1) is 22.3. The molecule has 1 aromatic rings. The van der Waals surface area contributed by atoms with Gasteiger partial charge in [0.1, 0.15) is 0 Å². The van der Waals surface area contributed by atoms with E-state index in [1.54, 1.807) is 19.9 Å². The molecule has 1 aromatic carbocycles. The molecule has 0 bridgehead atoms. The Labute approximate surface area is 166 Å². The highest BCUT2D eigenvalue weighted by Gasteiger charge is 2.28. The lowest BCUT2D eigenvalue weighted by Crippen LogP contribution is -2.43. The van der Waals surface area contributed by atoms with E-state index in [1.165, 1.54) is 21.3 Å². The maximum absolute atomic E-state index is 13.0. The summed E-state index contributed by atoms with van der Waals surface area (Å²) in [6, 6.07) is 4.53. The van der Waals surface area contributed by atoms with Crippen LogP contribution < -0.4 is 5.32 Å². The molecule has 0 atom stereocenters. The molecule has 1 saturated heterocycles. The van der Waals surface area contributed by atoms with Crippen molar-refractivity contribution < 1.29 is 22.7 Å². The number of likely N-dealkylation sites (N-methyl/N-ethyl adjacent to an activating group) is 1. The van der Waals surface area contributed by atoms with E-state index in [0.29, 0.717) is 25.3 Å². The quantitative estimate of drug-likeness (QED) is 0.722. The van der Waals surface area contributed by atoms with E-state index in [2.05, 4.69) is 5.32 Å². The molecule has 0 spiro atoms. The van der Waals surface area contributed by atoms with Crippen molar-refractivity contribution in [2.75, 3.05) is 39.4 Å². The van der Waals surface area contributed by atoms with Crippen LogP contribution in [0.4, 0.5) is 0 Å². The van der Waals surface area contributed by atoms with E-state index in [4.69, 9.17) is 4.74 Å². The van der Waals surface area contributed by atoms with Gasteiger partial charge < -0.3 is 15.0 Å². The van der Waals surface area contributed by atoms with E-state index in [-0.39, 0.29) is 47.9 Å². The van der Waals surface area contributed by atoms with Gasteiger partial charge in [-0.3, -0.25) is 9.59 Å². The van der Waals surface area contributed by atoms with Crippen molar-refractivity contribution in [3.05, 3.63) is 29.3 Å². The number of sulfonamides is 1. The maximum Gasteiger partial charge on any atom is 0.254 e. The van der Waals surface area contributed by atoms with Crippen molar-refractivity contribution in [2.24, 2.45) is 0 Å². The van der Waals surface area contributed by atoms with Crippen molar-refractivity contribution in [1.82, 2.24) is 14.5 Å². The van der Waals surface area contributed by atoms with Crippen LogP contribution in [0.1, 0.15) is 36.7 Å². The molecule has 28 heavy (non-hydrogen) atoms. The fourth-order valence-corrected chi connectivity index (χ4v) is 4.40. The highest BCUT2D eigenvalue weighted by atomic mass is 32.2. The predicted octanol–water partition coefficient (Wildman–Crippen LogP) is 1.00. The van der Waals surface area contributed by atoms with Gasteiger partial charge in [-0.05, 0) is 45.4 Å². The van der Waals surface area contributed by atoms with E-state index in [9.17, 15) is 18.0 Å². The van der Waals surface area contributed by atoms with Crippen molar-refractivity contribution in [1.29, 1.82) is 0 Å². The summed E-state index contributed by atoms with van der Waals surface area (Å²) >= 11 is 0. The molecule has 0 radical (unpaired) electrons. The number of carbonyl (C=O) groups excluding carboxylic acids is 2. The minimum atomic E-state index is -3.70. The van der Waals surface area contributed by atoms with Gasteiger partial charge >= 0.3 is 0 Å². The fourth-order valence-electron chi connectivity index (χ4n) is 2.97. The summed E-state index contributed by atoms with van der Waals surface area (Å²) in [6.45, 7) is 8.77. The van der Waals surface area contributed by atoms with Crippen LogP contribution in [0.25, 0.3) is 0 Å². The van der Waals surface area contributed by atoms with Crippen LogP contribution in [0, 0.1) is 6.92 Å². The molecule has 0 unspecified atom stereocenters. The lowest BCUT2D eigenvalue weighted by Gasteiger charge is -2.26. The standard InChI is InChI=1S/C19H29N3O5S/c1-5-21(13-18(23)20-14(2)3)19(24)17-12-16(7-6-15(17)4)28(25,26)22-8-10-27-11-9-22/h6-7,12,14H,5,8-11,13H2,1-4H3,(H,20,23). The summed E-state index contributed by atoms with van der Waals surface area (Å²) in [7, 11) is -3.70. The summed E-state index contributed by atoms with van der Waals surface area (Å²) in [6.07, 6.45) is 0. The number of aryl methyl sites for hydroxylation is 1. The number of rotatable bonds is 7. The van der Waals surface area contributed by atoms with Crippen molar-refractivity contribution in [3.63, 3.8) is 0 Å². The molecule has 0 aliphatic carbocycles. The monoisotopic (exact) mass is 411 g/mol. The molecule has 1 aliphatic heterocycles. The fraction of sp³-hybridized carbons (Fsp3) is 0.579. The Morgan fingerprint density at radius 2 is 1.89 bits per heavy atom. The molecule has 156 valence electrons. The van der Waals surface area contributed by atoms with Crippen LogP contribution in [0.15, 0.2) is 23.1 Å². The van der Waals surface area contributed by atoms with Gasteiger partial charge in [-0.25, -0.2) is 8.42 Å². The van der Waals surface area contributed by atoms with E-state index in [0.717, 1.165) is 0 Å². The summed E-state index contributed by atoms with van der Waals surface area (Å²) in [4.78, 5) is 26.5. The largest absolute Gasteiger partial charge is 0.379 e. The Morgan fingerprint density at radius 1 is 1.25 bits per heavy atom. The Morgan fingerprint density at radius 3 is 2.46 bits per heavy atom. The average Bonchev–Trinajstić information content (AvgIpc) is 2.66. The number of carbonyl (C=O) groups is 2. The second-order valence-corrected chi connectivity index (χ2v) is 8.97. The molecule has 2 amide bonds. The number of benzene rings is 1. The summed E-state index contributed by atoms with van der Waals surface area (Å²) in [5.41, 5.74) is 0.946. The van der Waals surface area contributed by atoms with Gasteiger partial charge in [-0.15, -0.1) is 0 Å². The molecule has 8 nitrogen and oxygen atoms in total. The van der Waals surface area contributed by atoms with Crippen LogP contribution in [0.3, 0.4) is 0 Å². The molecule has 1 aliphatic rings. The third-order valence-corrected chi connectivity index (χ3v) is 6.39. The Bertz CT molecular complexity index is 817. The maximum atomic E-state index is 13.0. The first-order valence-corrected chi connectivity index (χ1v) is 10.9. The zero-order valence-corrected chi connectivity index (χ0v) is 17.7. The molecule has 1 heterocycles. The van der Waals surface area contributed by atoms with E-state index in [1.807, 2.05) is 13.8 Å². The number of morpholine rings is 1. The highest BCUT2D eigenvalue weighted by Crippen LogP contribution is 2.21. The number of ether oxygens (including phenoxy) is 1. The molecule has 9 heteroatoms. The molecular weight excluding hydrogens is 382 g/mol. The Hall–Kier alpha value is -1.97. The number of nitrogens with one attached hydrogen (secondary N) is 1. The second-order valence-electron chi connectivity index (χ2n) is 7.03. The smallest absolute Gasteiger partial charge is 0.254 e. The summed E-state index contributed by atoms with van der Waals surface area (Å²) in [5.74, 6) is -0.613. The lowest BCUT2D eigenvalue weighted by molar-refractivity contribution is -0.122. The first-order chi connectivity index (χ1) is 13.2. The number of nitrogens with zero attached hydrogens (tertiary/aromatic N) is 2. The van der Waals surface area contributed by atoms with Gasteiger partial charge in [0.2, 0.25) is 15.9 Å². The van der Waals surface area contributed by atoms with E-state index >= 15 is 0 Å². The van der Waals surface area contributed by atoms with Crippen LogP contribution in [-0.2, 0) is 19.6 Å². The molecule has 1 N–H and O–H groups in total. The normalized spacial score (nSPS) is 15.5.